The number of aryl methyl sites for hydroxylation is 1. The van der Waals surface area contributed by atoms with Crippen LogP contribution in [0.4, 0.5) is 8.78 Å². The van der Waals surface area contributed by atoms with Crippen molar-refractivity contribution < 1.29 is 26.7 Å². The van der Waals surface area contributed by atoms with Gasteiger partial charge in [-0.25, -0.2) is 26.7 Å². The molecule has 0 bridgehead atoms. The number of nitrogens with two attached hydrogens (primary N) is 1. The van der Waals surface area contributed by atoms with Crippen molar-refractivity contribution in [2.45, 2.75) is 17.7 Å². The number of carbonyl (C=O) groups is 1. The van der Waals surface area contributed by atoms with E-state index in [0.717, 1.165) is 13.2 Å². The van der Waals surface area contributed by atoms with Crippen LogP contribution in [0, 0.1) is 6.92 Å². The fraction of sp³-hybridized carbons (Fsp3) is 0.417. The van der Waals surface area contributed by atoms with Crippen LogP contribution in [0.15, 0.2) is 23.1 Å². The third-order valence-corrected chi connectivity index (χ3v) is 4.11. The minimum atomic E-state index is -4.29. The molecule has 0 atom stereocenters. The molecule has 0 saturated heterocycles. The predicted molar refractivity (Wildman–Crippen MR) is 71.7 cm³/mol. The third-order valence-electron chi connectivity index (χ3n) is 2.65. The molecule has 0 saturated carbocycles. The van der Waals surface area contributed by atoms with Gasteiger partial charge in [-0.1, -0.05) is 11.6 Å². The van der Waals surface area contributed by atoms with E-state index >= 15 is 0 Å². The highest BCUT2D eigenvalue weighted by Crippen LogP contribution is 2.19. The summed E-state index contributed by atoms with van der Waals surface area (Å²) >= 11 is 0. The Balaban J connectivity index is 3.17. The van der Waals surface area contributed by atoms with Crippen LogP contribution in [0.25, 0.3) is 0 Å². The number of esters is 1. The molecule has 0 aliphatic heterocycles. The minimum absolute atomic E-state index is 0.221. The average molecular weight is 322 g/mol. The van der Waals surface area contributed by atoms with Crippen molar-refractivity contribution in [3.8, 4) is 0 Å². The molecule has 3 N–H and O–H groups in total. The zero-order valence-corrected chi connectivity index (χ0v) is 12.3. The molecule has 0 radical (unpaired) electrons. The van der Waals surface area contributed by atoms with Crippen molar-refractivity contribution in [1.29, 1.82) is 0 Å². The summed E-state index contributed by atoms with van der Waals surface area (Å²) in [5.41, 5.74) is 5.24. The molecule has 0 aliphatic rings. The monoisotopic (exact) mass is 322 g/mol. The molecule has 0 unspecified atom stereocenters. The van der Waals surface area contributed by atoms with E-state index in [9.17, 15) is 22.0 Å². The molecular weight excluding hydrogens is 306 g/mol. The first-order valence-electron chi connectivity index (χ1n) is 5.89. The average Bonchev–Trinajstić information content (AvgIpc) is 2.44. The first-order valence-corrected chi connectivity index (χ1v) is 7.38. The van der Waals surface area contributed by atoms with Gasteiger partial charge in [0.15, 0.2) is 0 Å². The summed E-state index contributed by atoms with van der Waals surface area (Å²) in [6.45, 7) is -0.494. The van der Waals surface area contributed by atoms with Gasteiger partial charge < -0.3 is 10.5 Å². The highest BCUT2D eigenvalue weighted by Gasteiger charge is 2.31. The molecule has 1 rings (SSSR count). The number of hydrogen-bond donors (Lipinski definition) is 2. The Morgan fingerprint density at radius 2 is 2.05 bits per heavy atom. The van der Waals surface area contributed by atoms with Crippen molar-refractivity contribution in [3.05, 3.63) is 29.3 Å². The smallest absolute Gasteiger partial charge is 0.339 e. The number of nitrogens with one attached hydrogen (secondary N) is 1. The molecular formula is C12H16F2N2O4S. The Labute approximate surface area is 121 Å². The molecule has 0 heterocycles. The molecule has 0 amide bonds. The molecule has 0 aromatic heterocycles. The highest BCUT2D eigenvalue weighted by molar-refractivity contribution is 7.89. The number of ether oxygens (including phenoxy) is 1. The maximum absolute atomic E-state index is 13.0. The number of methoxy groups -OCH3 is 1. The van der Waals surface area contributed by atoms with E-state index in [4.69, 9.17) is 5.73 Å². The number of sulfonamides is 1. The number of alkyl halides is 2. The molecule has 21 heavy (non-hydrogen) atoms. The van der Waals surface area contributed by atoms with Crippen molar-refractivity contribution in [3.63, 3.8) is 0 Å². The number of benzene rings is 1. The molecule has 0 fully saturated rings. The summed E-state index contributed by atoms with van der Waals surface area (Å²) in [6, 6.07) is 3.91. The van der Waals surface area contributed by atoms with Gasteiger partial charge in [0.25, 0.3) is 5.92 Å². The van der Waals surface area contributed by atoms with Gasteiger partial charge >= 0.3 is 5.97 Å². The predicted octanol–water partition coefficient (Wildman–Crippen LogP) is 0.654. The Hall–Kier alpha value is -1.58. The fourth-order valence-corrected chi connectivity index (χ4v) is 2.73. The van der Waals surface area contributed by atoms with Gasteiger partial charge in [-0.05, 0) is 19.1 Å². The first kappa shape index (κ1) is 17.5. The Morgan fingerprint density at radius 1 is 1.43 bits per heavy atom. The highest BCUT2D eigenvalue weighted by atomic mass is 32.2. The van der Waals surface area contributed by atoms with E-state index < -0.39 is 39.9 Å². The second kappa shape index (κ2) is 6.46. The number of carbonyl (C=O) groups excluding carboxylic acids is 1. The molecule has 6 nitrogen and oxygen atoms in total. The van der Waals surface area contributed by atoms with Crippen molar-refractivity contribution >= 4 is 16.0 Å². The summed E-state index contributed by atoms with van der Waals surface area (Å²) < 4.78 is 56.4. The zero-order chi connectivity index (χ0) is 16.3. The van der Waals surface area contributed by atoms with Gasteiger partial charge in [0.1, 0.15) is 0 Å². The quantitative estimate of drug-likeness (QED) is 0.750. The van der Waals surface area contributed by atoms with E-state index in [2.05, 4.69) is 4.74 Å². The van der Waals surface area contributed by atoms with Crippen LogP contribution in [0.2, 0.25) is 0 Å². The largest absolute Gasteiger partial charge is 0.465 e. The summed E-state index contributed by atoms with van der Waals surface area (Å²) in [6.07, 6.45) is 0. The van der Waals surface area contributed by atoms with Crippen LogP contribution >= 0.6 is 0 Å². The van der Waals surface area contributed by atoms with Gasteiger partial charge in [0.05, 0.1) is 30.7 Å². The van der Waals surface area contributed by atoms with Crippen LogP contribution in [0.5, 0.6) is 0 Å². The second-order valence-corrected chi connectivity index (χ2v) is 6.11. The van der Waals surface area contributed by atoms with Crippen LogP contribution in [0.3, 0.4) is 0 Å². The lowest BCUT2D eigenvalue weighted by molar-refractivity contribution is 0.0170. The molecule has 9 heteroatoms. The molecule has 1 aromatic rings. The van der Waals surface area contributed by atoms with E-state index in [1.165, 1.54) is 12.1 Å². The summed E-state index contributed by atoms with van der Waals surface area (Å²) in [4.78, 5) is 11.2. The van der Waals surface area contributed by atoms with Crippen molar-refractivity contribution in [2.24, 2.45) is 5.73 Å². The molecule has 118 valence electrons. The van der Waals surface area contributed by atoms with E-state index in [1.807, 2.05) is 0 Å². The lowest BCUT2D eigenvalue weighted by Gasteiger charge is -2.16. The topological polar surface area (TPSA) is 98.5 Å². The minimum Gasteiger partial charge on any atom is -0.465 e. The first-order chi connectivity index (χ1) is 9.63. The fourth-order valence-electron chi connectivity index (χ4n) is 1.50. The standard InChI is InChI=1S/C12H16F2N2O4S/c1-8-3-4-10(9(5-8)11(17)20-2)21(18,19)16-7-12(13,14)6-15/h3-5,16H,6-7,15H2,1-2H3. The molecule has 0 spiro atoms. The van der Waals surface area contributed by atoms with Crippen LogP contribution in [-0.4, -0.2) is 40.5 Å². The van der Waals surface area contributed by atoms with Gasteiger partial charge in [-0.15, -0.1) is 0 Å². The number of halogens is 2. The normalized spacial score (nSPS) is 12.2. The molecule has 0 aliphatic carbocycles. The maximum atomic E-state index is 13.0. The van der Waals surface area contributed by atoms with E-state index in [0.29, 0.717) is 5.56 Å². The van der Waals surface area contributed by atoms with Crippen molar-refractivity contribution in [1.82, 2.24) is 4.72 Å². The van der Waals surface area contributed by atoms with Crippen LogP contribution in [0.1, 0.15) is 15.9 Å². The van der Waals surface area contributed by atoms with Crippen LogP contribution < -0.4 is 10.5 Å². The molecule has 1 aromatic carbocycles. The summed E-state index contributed by atoms with van der Waals surface area (Å²) in [5, 5.41) is 0. The van der Waals surface area contributed by atoms with Crippen LogP contribution in [-0.2, 0) is 14.8 Å². The van der Waals surface area contributed by atoms with Gasteiger partial charge in [-0.2, -0.15) is 0 Å². The van der Waals surface area contributed by atoms with E-state index in [1.54, 1.807) is 11.6 Å². The summed E-state index contributed by atoms with van der Waals surface area (Å²) in [5.74, 6) is -4.24. The third kappa shape index (κ3) is 4.45. The number of hydrogen-bond acceptors (Lipinski definition) is 5. The SMILES string of the molecule is COC(=O)c1cc(C)ccc1S(=O)(=O)NCC(F)(F)CN. The lowest BCUT2D eigenvalue weighted by Crippen LogP contribution is -2.41. The lowest BCUT2D eigenvalue weighted by atomic mass is 10.1. The van der Waals surface area contributed by atoms with E-state index in [-0.39, 0.29) is 5.56 Å². The maximum Gasteiger partial charge on any atom is 0.339 e. The second-order valence-electron chi connectivity index (χ2n) is 4.38. The Kier molecular flexibility index (Phi) is 5.37. The van der Waals surface area contributed by atoms with Gasteiger partial charge in [0, 0.05) is 0 Å². The van der Waals surface area contributed by atoms with Crippen molar-refractivity contribution in [2.75, 3.05) is 20.2 Å². The van der Waals surface area contributed by atoms with Gasteiger partial charge in [-0.3, -0.25) is 0 Å². The number of rotatable bonds is 6. The Morgan fingerprint density at radius 3 is 2.57 bits per heavy atom. The Bertz CT molecular complexity index is 632. The summed E-state index contributed by atoms with van der Waals surface area (Å²) in [7, 11) is -3.20. The zero-order valence-electron chi connectivity index (χ0n) is 11.5. The van der Waals surface area contributed by atoms with Gasteiger partial charge in [0.2, 0.25) is 10.0 Å².